The quantitative estimate of drug-likeness (QED) is 0.669. The van der Waals surface area contributed by atoms with E-state index >= 15 is 0 Å². The molecule has 2 N–H and O–H groups in total. The number of carbonyl (C=O) groups excluding carboxylic acids is 3. The lowest BCUT2D eigenvalue weighted by atomic mass is 9.98. The highest BCUT2D eigenvalue weighted by Gasteiger charge is 2.42. The summed E-state index contributed by atoms with van der Waals surface area (Å²) in [4.78, 5) is 41.9. The molecular formula is C22H22N6O3. The Bertz CT molecular complexity index is 1200. The van der Waals surface area contributed by atoms with Crippen molar-refractivity contribution in [2.24, 2.45) is 0 Å². The van der Waals surface area contributed by atoms with Crippen LogP contribution in [0.3, 0.4) is 0 Å². The summed E-state index contributed by atoms with van der Waals surface area (Å²) < 4.78 is 1.70. The van der Waals surface area contributed by atoms with Crippen molar-refractivity contribution in [2.45, 2.75) is 24.2 Å². The van der Waals surface area contributed by atoms with Crippen molar-refractivity contribution >= 4 is 23.5 Å². The molecule has 1 aliphatic carbocycles. The maximum Gasteiger partial charge on any atom is 0.321 e. The van der Waals surface area contributed by atoms with Crippen LogP contribution in [0.4, 0.5) is 4.79 Å². The molecule has 1 aliphatic heterocycles. The van der Waals surface area contributed by atoms with Crippen LogP contribution in [-0.2, 0) is 4.79 Å². The van der Waals surface area contributed by atoms with Crippen molar-refractivity contribution < 1.29 is 14.4 Å². The molecule has 1 saturated heterocycles. The normalized spacial score (nSPS) is 22.7. The van der Waals surface area contributed by atoms with E-state index < -0.39 is 11.9 Å². The van der Waals surface area contributed by atoms with Gasteiger partial charge in [-0.2, -0.15) is 5.10 Å². The van der Waals surface area contributed by atoms with E-state index in [1.54, 1.807) is 35.9 Å². The van der Waals surface area contributed by atoms with Crippen molar-refractivity contribution in [1.29, 1.82) is 0 Å². The number of urea groups is 1. The zero-order valence-electron chi connectivity index (χ0n) is 17.2. The third-order valence-electron chi connectivity index (χ3n) is 5.97. The SMILES string of the molecule is CN(C)C(=O)c1ccc([C@H]2C[C@@H]2c2cc(C3CNC(=O)NC3=O)nn3ccnc23)cc1. The number of hydrogen-bond donors (Lipinski definition) is 2. The molecule has 1 unspecified atom stereocenters. The van der Waals surface area contributed by atoms with Crippen molar-refractivity contribution in [2.75, 3.05) is 20.6 Å². The fourth-order valence-electron chi connectivity index (χ4n) is 4.21. The van der Waals surface area contributed by atoms with Gasteiger partial charge in [0.25, 0.3) is 5.91 Å². The van der Waals surface area contributed by atoms with Gasteiger partial charge < -0.3 is 10.2 Å². The van der Waals surface area contributed by atoms with Crippen LogP contribution < -0.4 is 10.6 Å². The summed E-state index contributed by atoms with van der Waals surface area (Å²) in [5.74, 6) is -0.344. The Balaban J connectivity index is 1.43. The minimum Gasteiger partial charge on any atom is -0.345 e. The molecule has 1 saturated carbocycles. The highest BCUT2D eigenvalue weighted by atomic mass is 16.2. The standard InChI is InChI=1S/C22H22N6O3/c1-27(2)21(30)13-5-3-12(4-6-13)14-9-15(14)16-10-18(26-28-8-7-23-19(16)28)17-11-24-22(31)25-20(17)29/h3-8,10,14-15,17H,9,11H2,1-2H3,(H2,24,25,29,31)/t14-,15+,17?/m1/s1. The molecule has 3 heterocycles. The Labute approximate surface area is 178 Å². The lowest BCUT2D eigenvalue weighted by Gasteiger charge is -2.22. The third kappa shape index (κ3) is 3.41. The second-order valence-corrected chi connectivity index (χ2v) is 8.24. The predicted molar refractivity (Wildman–Crippen MR) is 112 cm³/mol. The topological polar surface area (TPSA) is 109 Å². The van der Waals surface area contributed by atoms with E-state index in [1.165, 1.54) is 5.56 Å². The minimum atomic E-state index is -0.545. The Morgan fingerprint density at radius 1 is 1.16 bits per heavy atom. The summed E-state index contributed by atoms with van der Waals surface area (Å²) in [6.45, 7) is 0.215. The first-order valence-corrected chi connectivity index (χ1v) is 10.2. The number of fused-ring (bicyclic) bond motifs is 1. The Hall–Kier alpha value is -3.75. The molecule has 5 rings (SSSR count). The molecule has 1 aromatic carbocycles. The van der Waals surface area contributed by atoms with Gasteiger partial charge in [-0.3, -0.25) is 14.9 Å². The van der Waals surface area contributed by atoms with Crippen LogP contribution in [0.15, 0.2) is 42.7 Å². The molecule has 158 valence electrons. The fourth-order valence-corrected chi connectivity index (χ4v) is 4.21. The third-order valence-corrected chi connectivity index (χ3v) is 5.97. The largest absolute Gasteiger partial charge is 0.345 e. The van der Waals surface area contributed by atoms with E-state index in [0.717, 1.165) is 17.6 Å². The van der Waals surface area contributed by atoms with E-state index in [4.69, 9.17) is 0 Å². The van der Waals surface area contributed by atoms with Crippen LogP contribution in [-0.4, -0.2) is 58.0 Å². The zero-order valence-corrected chi connectivity index (χ0v) is 17.2. The highest BCUT2D eigenvalue weighted by molar-refractivity contribution is 6.00. The number of nitrogens with one attached hydrogen (secondary N) is 2. The molecule has 9 heteroatoms. The molecule has 3 atom stereocenters. The van der Waals surface area contributed by atoms with Crippen LogP contribution in [0.5, 0.6) is 0 Å². The van der Waals surface area contributed by atoms with E-state index in [-0.39, 0.29) is 24.3 Å². The second-order valence-electron chi connectivity index (χ2n) is 8.24. The monoisotopic (exact) mass is 418 g/mol. The van der Waals surface area contributed by atoms with Crippen LogP contribution >= 0.6 is 0 Å². The Kier molecular flexibility index (Phi) is 4.46. The summed E-state index contributed by atoms with van der Waals surface area (Å²) in [5, 5.41) is 9.51. The molecular weight excluding hydrogens is 396 g/mol. The molecule has 0 spiro atoms. The number of nitrogens with zero attached hydrogens (tertiary/aromatic N) is 4. The van der Waals surface area contributed by atoms with Crippen LogP contribution in [0, 0.1) is 0 Å². The van der Waals surface area contributed by atoms with Gasteiger partial charge in [0.15, 0.2) is 5.65 Å². The highest BCUT2D eigenvalue weighted by Crippen LogP contribution is 2.55. The first-order chi connectivity index (χ1) is 14.9. The van der Waals surface area contributed by atoms with Crippen molar-refractivity contribution in [1.82, 2.24) is 30.1 Å². The summed E-state index contributed by atoms with van der Waals surface area (Å²) in [5.41, 5.74) is 4.26. The summed E-state index contributed by atoms with van der Waals surface area (Å²) in [6.07, 6.45) is 4.42. The average Bonchev–Trinajstić information content (AvgIpc) is 3.41. The predicted octanol–water partition coefficient (Wildman–Crippen LogP) is 1.63. The Morgan fingerprint density at radius 3 is 2.65 bits per heavy atom. The number of carbonyl (C=O) groups is 3. The smallest absolute Gasteiger partial charge is 0.321 e. The van der Waals surface area contributed by atoms with Crippen molar-refractivity contribution in [3.63, 3.8) is 0 Å². The first-order valence-electron chi connectivity index (χ1n) is 10.2. The van der Waals surface area contributed by atoms with Gasteiger partial charge in [-0.05, 0) is 42.0 Å². The number of imidazole rings is 1. The number of aromatic nitrogens is 3. The summed E-state index contributed by atoms with van der Waals surface area (Å²) in [6, 6.07) is 9.21. The molecule has 9 nitrogen and oxygen atoms in total. The number of amides is 4. The molecule has 3 aromatic rings. The lowest BCUT2D eigenvalue weighted by molar-refractivity contribution is -0.122. The zero-order chi connectivity index (χ0) is 21.7. The number of benzene rings is 1. The van der Waals surface area contributed by atoms with Gasteiger partial charge in [0.1, 0.15) is 0 Å². The average molecular weight is 418 g/mol. The molecule has 31 heavy (non-hydrogen) atoms. The first kappa shape index (κ1) is 19.2. The van der Waals surface area contributed by atoms with Gasteiger partial charge in [-0.25, -0.2) is 14.3 Å². The Morgan fingerprint density at radius 2 is 1.94 bits per heavy atom. The molecule has 0 radical (unpaired) electrons. The maximum absolute atomic E-state index is 12.3. The van der Waals surface area contributed by atoms with E-state index in [1.807, 2.05) is 30.3 Å². The van der Waals surface area contributed by atoms with Gasteiger partial charge in [-0.1, -0.05) is 12.1 Å². The molecule has 2 fully saturated rings. The molecule has 0 bridgehead atoms. The maximum atomic E-state index is 12.3. The van der Waals surface area contributed by atoms with Gasteiger partial charge in [0.2, 0.25) is 5.91 Å². The lowest BCUT2D eigenvalue weighted by Crippen LogP contribution is -2.51. The molecule has 2 aliphatic rings. The van der Waals surface area contributed by atoms with Gasteiger partial charge in [0, 0.05) is 44.2 Å². The van der Waals surface area contributed by atoms with Gasteiger partial charge in [0.05, 0.1) is 11.6 Å². The minimum absolute atomic E-state index is 0.0189. The summed E-state index contributed by atoms with van der Waals surface area (Å²) in [7, 11) is 3.48. The number of imide groups is 1. The second kappa shape index (κ2) is 7.19. The molecule has 2 aromatic heterocycles. The van der Waals surface area contributed by atoms with Gasteiger partial charge >= 0.3 is 6.03 Å². The number of hydrogen-bond acceptors (Lipinski definition) is 5. The van der Waals surface area contributed by atoms with Crippen LogP contribution in [0.25, 0.3) is 5.65 Å². The van der Waals surface area contributed by atoms with Crippen LogP contribution in [0.1, 0.15) is 51.4 Å². The fraction of sp³-hybridized carbons (Fsp3) is 0.318. The van der Waals surface area contributed by atoms with E-state index in [2.05, 4.69) is 20.7 Å². The van der Waals surface area contributed by atoms with Crippen molar-refractivity contribution in [3.8, 4) is 0 Å². The van der Waals surface area contributed by atoms with Gasteiger partial charge in [-0.15, -0.1) is 0 Å². The number of rotatable bonds is 4. The van der Waals surface area contributed by atoms with Crippen LogP contribution in [0.2, 0.25) is 0 Å². The van der Waals surface area contributed by atoms with E-state index in [9.17, 15) is 14.4 Å². The summed E-state index contributed by atoms with van der Waals surface area (Å²) >= 11 is 0. The van der Waals surface area contributed by atoms with Crippen molar-refractivity contribution in [3.05, 3.63) is 65.1 Å². The molecule has 4 amide bonds. The van der Waals surface area contributed by atoms with E-state index in [0.29, 0.717) is 17.2 Å².